The van der Waals surface area contributed by atoms with E-state index in [4.69, 9.17) is 0 Å². The standard InChI is InChI=1S/C9H10F2IN3/c10-9(11)2-1-3-15(5-9)8-7(12)4-13-6-14-8/h4,6H,1-3,5H2. The number of nitrogens with zero attached hydrogens (tertiary/aromatic N) is 3. The van der Waals surface area contributed by atoms with E-state index in [0.717, 1.165) is 3.57 Å². The number of piperidine rings is 1. The predicted molar refractivity (Wildman–Crippen MR) is 61.1 cm³/mol. The molecule has 15 heavy (non-hydrogen) atoms. The Bertz CT molecular complexity index is 359. The van der Waals surface area contributed by atoms with Gasteiger partial charge >= 0.3 is 0 Å². The van der Waals surface area contributed by atoms with E-state index in [9.17, 15) is 8.78 Å². The van der Waals surface area contributed by atoms with Crippen molar-refractivity contribution < 1.29 is 8.78 Å². The molecule has 1 aromatic rings. The summed E-state index contributed by atoms with van der Waals surface area (Å²) in [6.07, 6.45) is 3.51. The minimum Gasteiger partial charge on any atom is -0.350 e. The molecule has 1 aromatic heterocycles. The first-order valence-corrected chi connectivity index (χ1v) is 5.75. The van der Waals surface area contributed by atoms with Gasteiger partial charge in [0.25, 0.3) is 5.92 Å². The lowest BCUT2D eigenvalue weighted by Crippen LogP contribution is -2.43. The number of alkyl halides is 2. The maximum absolute atomic E-state index is 13.2. The summed E-state index contributed by atoms with van der Waals surface area (Å²) in [5, 5.41) is 0. The summed E-state index contributed by atoms with van der Waals surface area (Å²) in [5.41, 5.74) is 0. The van der Waals surface area contributed by atoms with Crippen molar-refractivity contribution in [2.45, 2.75) is 18.8 Å². The van der Waals surface area contributed by atoms with E-state index in [0.29, 0.717) is 18.8 Å². The molecule has 2 rings (SSSR count). The predicted octanol–water partition coefficient (Wildman–Crippen LogP) is 2.32. The number of anilines is 1. The molecule has 0 spiro atoms. The van der Waals surface area contributed by atoms with Crippen LogP contribution in [0.1, 0.15) is 12.8 Å². The summed E-state index contributed by atoms with van der Waals surface area (Å²) >= 11 is 2.06. The number of rotatable bonds is 1. The zero-order chi connectivity index (χ0) is 10.9. The summed E-state index contributed by atoms with van der Waals surface area (Å²) in [6, 6.07) is 0. The summed E-state index contributed by atoms with van der Waals surface area (Å²) in [5.74, 6) is -1.98. The first-order chi connectivity index (χ1) is 7.08. The Balaban J connectivity index is 2.21. The van der Waals surface area contributed by atoms with Crippen LogP contribution in [-0.2, 0) is 0 Å². The Morgan fingerprint density at radius 2 is 2.27 bits per heavy atom. The van der Waals surface area contributed by atoms with Crippen LogP contribution < -0.4 is 4.90 Å². The van der Waals surface area contributed by atoms with Gasteiger partial charge in [-0.05, 0) is 29.0 Å². The van der Waals surface area contributed by atoms with Crippen molar-refractivity contribution >= 4 is 28.4 Å². The topological polar surface area (TPSA) is 29.0 Å². The van der Waals surface area contributed by atoms with Gasteiger partial charge in [-0.25, -0.2) is 18.7 Å². The molecule has 0 saturated carbocycles. The van der Waals surface area contributed by atoms with E-state index < -0.39 is 5.92 Å². The molecular weight excluding hydrogens is 315 g/mol. The zero-order valence-corrected chi connectivity index (χ0v) is 10.1. The molecule has 6 heteroatoms. The Hall–Kier alpha value is -0.530. The Morgan fingerprint density at radius 3 is 2.93 bits per heavy atom. The van der Waals surface area contributed by atoms with Crippen LogP contribution in [0.2, 0.25) is 0 Å². The Labute approximate surface area is 100 Å². The fourth-order valence-electron chi connectivity index (χ4n) is 1.69. The van der Waals surface area contributed by atoms with Crippen LogP contribution in [0.25, 0.3) is 0 Å². The van der Waals surface area contributed by atoms with Crippen molar-refractivity contribution in [1.29, 1.82) is 0 Å². The summed E-state index contributed by atoms with van der Waals surface area (Å²) in [7, 11) is 0. The van der Waals surface area contributed by atoms with Gasteiger partial charge in [0.1, 0.15) is 12.1 Å². The largest absolute Gasteiger partial charge is 0.350 e. The van der Waals surface area contributed by atoms with Crippen molar-refractivity contribution in [3.8, 4) is 0 Å². The van der Waals surface area contributed by atoms with Gasteiger partial charge in [0.2, 0.25) is 0 Å². The number of aromatic nitrogens is 2. The highest BCUT2D eigenvalue weighted by Gasteiger charge is 2.36. The van der Waals surface area contributed by atoms with E-state index in [1.54, 1.807) is 11.1 Å². The highest BCUT2D eigenvalue weighted by atomic mass is 127. The molecule has 1 saturated heterocycles. The molecule has 0 aliphatic carbocycles. The van der Waals surface area contributed by atoms with Gasteiger partial charge in [0.15, 0.2) is 0 Å². The highest BCUT2D eigenvalue weighted by Crippen LogP contribution is 2.30. The monoisotopic (exact) mass is 325 g/mol. The summed E-state index contributed by atoms with van der Waals surface area (Å²) in [4.78, 5) is 9.52. The first-order valence-electron chi connectivity index (χ1n) is 4.67. The lowest BCUT2D eigenvalue weighted by Gasteiger charge is -2.33. The Morgan fingerprint density at radius 1 is 1.47 bits per heavy atom. The zero-order valence-electron chi connectivity index (χ0n) is 7.96. The smallest absolute Gasteiger partial charge is 0.265 e. The lowest BCUT2D eigenvalue weighted by atomic mass is 10.1. The van der Waals surface area contributed by atoms with Crippen LogP contribution in [-0.4, -0.2) is 29.0 Å². The van der Waals surface area contributed by atoms with Gasteiger partial charge in [-0.3, -0.25) is 0 Å². The van der Waals surface area contributed by atoms with Crippen molar-refractivity contribution in [2.75, 3.05) is 18.0 Å². The van der Waals surface area contributed by atoms with Crippen LogP contribution in [0.4, 0.5) is 14.6 Å². The number of hydrogen-bond donors (Lipinski definition) is 0. The minimum absolute atomic E-state index is 0.0227. The molecular formula is C9H10F2IN3. The van der Waals surface area contributed by atoms with Gasteiger partial charge < -0.3 is 4.90 Å². The molecule has 1 aliphatic heterocycles. The van der Waals surface area contributed by atoms with Crippen molar-refractivity contribution in [3.63, 3.8) is 0 Å². The number of halogens is 3. The molecule has 2 heterocycles. The minimum atomic E-state index is -2.59. The third-order valence-corrected chi connectivity index (χ3v) is 3.10. The third kappa shape index (κ3) is 2.53. The average molecular weight is 325 g/mol. The molecule has 0 atom stereocenters. The number of hydrogen-bond acceptors (Lipinski definition) is 3. The SMILES string of the molecule is FC1(F)CCCN(c2ncncc2I)C1. The molecule has 1 aliphatic rings. The lowest BCUT2D eigenvalue weighted by molar-refractivity contribution is -0.0119. The van der Waals surface area contributed by atoms with Gasteiger partial charge in [0.05, 0.1) is 10.1 Å². The van der Waals surface area contributed by atoms with Crippen molar-refractivity contribution in [2.24, 2.45) is 0 Å². The summed E-state index contributed by atoms with van der Waals surface area (Å²) < 4.78 is 27.2. The van der Waals surface area contributed by atoms with E-state index in [1.807, 2.05) is 0 Å². The highest BCUT2D eigenvalue weighted by molar-refractivity contribution is 14.1. The van der Waals surface area contributed by atoms with E-state index in [1.165, 1.54) is 6.33 Å². The van der Waals surface area contributed by atoms with Gasteiger partial charge in [-0.2, -0.15) is 0 Å². The molecule has 0 N–H and O–H groups in total. The van der Waals surface area contributed by atoms with Crippen molar-refractivity contribution in [3.05, 3.63) is 16.1 Å². The molecule has 0 radical (unpaired) electrons. The third-order valence-electron chi connectivity index (χ3n) is 2.34. The molecule has 82 valence electrons. The molecule has 0 bridgehead atoms. The van der Waals surface area contributed by atoms with E-state index >= 15 is 0 Å². The molecule has 1 fully saturated rings. The normalized spacial score (nSPS) is 20.3. The molecule has 0 amide bonds. The van der Waals surface area contributed by atoms with E-state index in [-0.39, 0.29) is 13.0 Å². The van der Waals surface area contributed by atoms with Crippen LogP contribution in [0.3, 0.4) is 0 Å². The quantitative estimate of drug-likeness (QED) is 0.742. The van der Waals surface area contributed by atoms with Gasteiger partial charge in [-0.15, -0.1) is 0 Å². The van der Waals surface area contributed by atoms with Gasteiger partial charge in [-0.1, -0.05) is 0 Å². The second-order valence-electron chi connectivity index (χ2n) is 3.58. The summed E-state index contributed by atoms with van der Waals surface area (Å²) in [6.45, 7) is 0.405. The van der Waals surface area contributed by atoms with Gasteiger partial charge in [0, 0.05) is 19.2 Å². The van der Waals surface area contributed by atoms with Crippen LogP contribution in [0.15, 0.2) is 12.5 Å². The molecule has 3 nitrogen and oxygen atoms in total. The average Bonchev–Trinajstić information content (AvgIpc) is 2.17. The van der Waals surface area contributed by atoms with Crippen molar-refractivity contribution in [1.82, 2.24) is 9.97 Å². The second kappa shape index (κ2) is 4.15. The fraction of sp³-hybridized carbons (Fsp3) is 0.556. The Kier molecular flexibility index (Phi) is 3.03. The second-order valence-corrected chi connectivity index (χ2v) is 4.74. The van der Waals surface area contributed by atoms with Crippen LogP contribution in [0.5, 0.6) is 0 Å². The van der Waals surface area contributed by atoms with E-state index in [2.05, 4.69) is 32.6 Å². The maximum atomic E-state index is 13.2. The fourth-order valence-corrected chi connectivity index (χ4v) is 2.33. The first kappa shape index (κ1) is 11.0. The van der Waals surface area contributed by atoms with Crippen LogP contribution >= 0.6 is 22.6 Å². The molecule has 0 unspecified atom stereocenters. The molecule has 0 aromatic carbocycles. The van der Waals surface area contributed by atoms with Crippen LogP contribution in [0, 0.1) is 3.57 Å². The maximum Gasteiger partial charge on any atom is 0.265 e.